The van der Waals surface area contributed by atoms with Crippen molar-refractivity contribution < 1.29 is 9.32 Å². The van der Waals surface area contributed by atoms with Gasteiger partial charge in [-0.15, -0.1) is 0 Å². The second kappa shape index (κ2) is 5.81. The summed E-state index contributed by atoms with van der Waals surface area (Å²) in [5, 5.41) is 10.1. The summed E-state index contributed by atoms with van der Waals surface area (Å²) in [6.07, 6.45) is 0.184. The number of fused-ring (bicyclic) bond motifs is 2. The normalized spacial score (nSPS) is 11.0. The first-order chi connectivity index (χ1) is 11.7. The summed E-state index contributed by atoms with van der Waals surface area (Å²) >= 11 is 0. The number of benzene rings is 3. The molecule has 1 N–H and O–H groups in total. The van der Waals surface area contributed by atoms with Crippen molar-refractivity contribution in [2.45, 2.75) is 13.3 Å². The summed E-state index contributed by atoms with van der Waals surface area (Å²) in [6.45, 7) is 2.01. The molecule has 0 bridgehead atoms. The van der Waals surface area contributed by atoms with Crippen LogP contribution in [0.5, 0.6) is 0 Å². The van der Waals surface area contributed by atoms with Gasteiger partial charge in [-0.1, -0.05) is 47.1 Å². The Morgan fingerprint density at radius 1 is 1.04 bits per heavy atom. The third-order valence-corrected chi connectivity index (χ3v) is 4.06. The van der Waals surface area contributed by atoms with E-state index in [1.54, 1.807) is 0 Å². The average Bonchev–Trinajstić information content (AvgIpc) is 2.97. The molecule has 4 aromatic rings. The zero-order valence-electron chi connectivity index (χ0n) is 13.2. The monoisotopic (exact) mass is 316 g/mol. The minimum atomic E-state index is -0.109. The van der Waals surface area contributed by atoms with E-state index in [0.29, 0.717) is 11.3 Å². The number of amides is 1. The van der Waals surface area contributed by atoms with Crippen LogP contribution in [0.3, 0.4) is 0 Å². The smallest absolute Gasteiger partial charge is 0.230 e. The fourth-order valence-corrected chi connectivity index (χ4v) is 2.85. The van der Waals surface area contributed by atoms with Gasteiger partial charge in [0, 0.05) is 11.1 Å². The van der Waals surface area contributed by atoms with Gasteiger partial charge in [-0.2, -0.15) is 0 Å². The Kier molecular flexibility index (Phi) is 3.50. The maximum absolute atomic E-state index is 12.4. The second-order valence-corrected chi connectivity index (χ2v) is 5.92. The highest BCUT2D eigenvalue weighted by Gasteiger charge is 2.13. The van der Waals surface area contributed by atoms with E-state index >= 15 is 0 Å². The van der Waals surface area contributed by atoms with Crippen LogP contribution in [0.25, 0.3) is 21.7 Å². The molecule has 0 aliphatic heterocycles. The van der Waals surface area contributed by atoms with Crippen LogP contribution in [0.4, 0.5) is 5.69 Å². The number of aryl methyl sites for hydroxylation is 1. The summed E-state index contributed by atoms with van der Waals surface area (Å²) < 4.78 is 5.28. The molecule has 0 aliphatic rings. The van der Waals surface area contributed by atoms with Crippen LogP contribution in [-0.2, 0) is 11.2 Å². The van der Waals surface area contributed by atoms with Crippen molar-refractivity contribution in [3.8, 4) is 0 Å². The van der Waals surface area contributed by atoms with Crippen molar-refractivity contribution in [1.82, 2.24) is 5.16 Å². The predicted molar refractivity (Wildman–Crippen MR) is 95.0 cm³/mol. The van der Waals surface area contributed by atoms with Crippen molar-refractivity contribution >= 4 is 33.3 Å². The lowest BCUT2D eigenvalue weighted by Gasteiger charge is -2.06. The molecule has 3 aromatic carbocycles. The summed E-state index contributed by atoms with van der Waals surface area (Å²) in [6, 6.07) is 19.8. The van der Waals surface area contributed by atoms with Crippen molar-refractivity contribution in [3.05, 3.63) is 71.9 Å². The van der Waals surface area contributed by atoms with E-state index in [9.17, 15) is 4.79 Å². The Morgan fingerprint density at radius 3 is 2.75 bits per heavy atom. The van der Waals surface area contributed by atoms with Gasteiger partial charge in [0.25, 0.3) is 0 Å². The van der Waals surface area contributed by atoms with E-state index in [4.69, 9.17) is 4.52 Å². The van der Waals surface area contributed by atoms with Crippen LogP contribution < -0.4 is 5.32 Å². The number of anilines is 1. The van der Waals surface area contributed by atoms with Gasteiger partial charge in [0.15, 0.2) is 5.58 Å². The first-order valence-corrected chi connectivity index (χ1v) is 7.82. The maximum Gasteiger partial charge on any atom is 0.230 e. The average molecular weight is 316 g/mol. The molecule has 0 saturated heterocycles. The van der Waals surface area contributed by atoms with Crippen molar-refractivity contribution in [2.24, 2.45) is 0 Å². The van der Waals surface area contributed by atoms with Crippen molar-refractivity contribution in [3.63, 3.8) is 0 Å². The summed E-state index contributed by atoms with van der Waals surface area (Å²) in [5.74, 6) is -0.109. The topological polar surface area (TPSA) is 55.1 Å². The van der Waals surface area contributed by atoms with E-state index in [1.165, 1.54) is 0 Å². The SMILES string of the molecule is Cc1ccc2onc(CC(=O)Nc3ccc4ccccc4c3)c2c1. The Balaban J connectivity index is 1.55. The first-order valence-electron chi connectivity index (χ1n) is 7.82. The number of carbonyl (C=O) groups excluding carboxylic acids is 1. The minimum absolute atomic E-state index is 0.109. The first kappa shape index (κ1) is 14.5. The van der Waals surface area contributed by atoms with Gasteiger partial charge >= 0.3 is 0 Å². The molecule has 4 rings (SSSR count). The van der Waals surface area contributed by atoms with Gasteiger partial charge in [0.1, 0.15) is 5.69 Å². The van der Waals surface area contributed by atoms with E-state index < -0.39 is 0 Å². The van der Waals surface area contributed by atoms with Crippen LogP contribution in [-0.4, -0.2) is 11.1 Å². The molecule has 1 heterocycles. The van der Waals surface area contributed by atoms with Gasteiger partial charge in [-0.3, -0.25) is 4.79 Å². The molecule has 1 aromatic heterocycles. The van der Waals surface area contributed by atoms with Crippen LogP contribution in [0.1, 0.15) is 11.3 Å². The third-order valence-electron chi connectivity index (χ3n) is 4.06. The highest BCUT2D eigenvalue weighted by molar-refractivity contribution is 5.97. The predicted octanol–water partition coefficient (Wildman–Crippen LogP) is 4.47. The Morgan fingerprint density at radius 2 is 1.88 bits per heavy atom. The maximum atomic E-state index is 12.4. The molecule has 118 valence electrons. The second-order valence-electron chi connectivity index (χ2n) is 5.92. The van der Waals surface area contributed by atoms with Crippen LogP contribution in [0.15, 0.2) is 65.2 Å². The zero-order valence-corrected chi connectivity index (χ0v) is 13.2. The fourth-order valence-electron chi connectivity index (χ4n) is 2.85. The van der Waals surface area contributed by atoms with Crippen molar-refractivity contribution in [1.29, 1.82) is 0 Å². The number of hydrogen-bond acceptors (Lipinski definition) is 3. The van der Waals surface area contributed by atoms with Crippen LogP contribution in [0.2, 0.25) is 0 Å². The van der Waals surface area contributed by atoms with Crippen LogP contribution in [0, 0.1) is 6.92 Å². The molecule has 0 fully saturated rings. The molecular formula is C20H16N2O2. The fraction of sp³-hybridized carbons (Fsp3) is 0.100. The van der Waals surface area contributed by atoms with Gasteiger partial charge in [0.05, 0.1) is 6.42 Å². The molecule has 1 amide bonds. The largest absolute Gasteiger partial charge is 0.356 e. The Bertz CT molecular complexity index is 1050. The third kappa shape index (κ3) is 2.74. The van der Waals surface area contributed by atoms with E-state index in [0.717, 1.165) is 27.4 Å². The van der Waals surface area contributed by atoms with E-state index in [-0.39, 0.29) is 12.3 Å². The molecular weight excluding hydrogens is 300 g/mol. The molecule has 0 radical (unpaired) electrons. The summed E-state index contributed by atoms with van der Waals surface area (Å²) in [7, 11) is 0. The molecule has 4 heteroatoms. The van der Waals surface area contributed by atoms with Gasteiger partial charge < -0.3 is 9.84 Å². The summed E-state index contributed by atoms with van der Waals surface area (Å²) in [4.78, 5) is 12.4. The molecule has 0 unspecified atom stereocenters. The number of rotatable bonds is 3. The highest BCUT2D eigenvalue weighted by atomic mass is 16.5. The molecule has 0 saturated carbocycles. The molecule has 0 spiro atoms. The quantitative estimate of drug-likeness (QED) is 0.606. The van der Waals surface area contributed by atoms with E-state index in [2.05, 4.69) is 10.5 Å². The molecule has 0 aliphatic carbocycles. The lowest BCUT2D eigenvalue weighted by atomic mass is 10.1. The van der Waals surface area contributed by atoms with E-state index in [1.807, 2.05) is 67.6 Å². The van der Waals surface area contributed by atoms with Gasteiger partial charge in [-0.05, 0) is 42.0 Å². The molecule has 4 nitrogen and oxygen atoms in total. The number of aromatic nitrogens is 1. The number of nitrogens with zero attached hydrogens (tertiary/aromatic N) is 1. The van der Waals surface area contributed by atoms with Gasteiger partial charge in [-0.25, -0.2) is 0 Å². The summed E-state index contributed by atoms with van der Waals surface area (Å²) in [5.41, 5.74) is 3.26. The number of hydrogen-bond donors (Lipinski definition) is 1. The lowest BCUT2D eigenvalue weighted by molar-refractivity contribution is -0.115. The Hall–Kier alpha value is -3.14. The zero-order chi connectivity index (χ0) is 16.5. The number of nitrogens with one attached hydrogen (secondary N) is 1. The van der Waals surface area contributed by atoms with Crippen molar-refractivity contribution in [2.75, 3.05) is 5.32 Å². The molecule has 0 atom stereocenters. The standard InChI is InChI=1S/C20H16N2O2/c1-13-6-9-19-17(10-13)18(22-24-19)12-20(23)21-16-8-7-14-4-2-3-5-15(14)11-16/h2-11H,12H2,1H3,(H,21,23). The molecule has 24 heavy (non-hydrogen) atoms. The van der Waals surface area contributed by atoms with Gasteiger partial charge in [0.2, 0.25) is 5.91 Å². The minimum Gasteiger partial charge on any atom is -0.356 e. The lowest BCUT2D eigenvalue weighted by Crippen LogP contribution is -2.14. The number of carbonyl (C=O) groups is 1. The van der Waals surface area contributed by atoms with Crippen LogP contribution >= 0.6 is 0 Å². The Labute approximate surface area is 139 Å². The highest BCUT2D eigenvalue weighted by Crippen LogP contribution is 2.22.